The molecule has 2 aromatic carbocycles. The highest BCUT2D eigenvalue weighted by molar-refractivity contribution is 5.94. The fourth-order valence-electron chi connectivity index (χ4n) is 10.2. The third kappa shape index (κ3) is 5.66. The van der Waals surface area contributed by atoms with E-state index in [-0.39, 0.29) is 36.0 Å². The molecule has 4 aromatic rings. The average Bonchev–Trinajstić information content (AvgIpc) is 3.69. The van der Waals surface area contributed by atoms with Crippen LogP contribution < -0.4 is 10.6 Å². The van der Waals surface area contributed by atoms with Gasteiger partial charge in [0.05, 0.1) is 50.1 Å². The molecule has 10 rings (SSSR count). The zero-order valence-corrected chi connectivity index (χ0v) is 31.5. The first-order chi connectivity index (χ1) is 27.2. The molecule has 4 N–H and O–H groups in total. The fourth-order valence-corrected chi connectivity index (χ4v) is 10.2. The maximum atomic E-state index is 13.9. The van der Waals surface area contributed by atoms with Crippen molar-refractivity contribution in [1.82, 2.24) is 40.4 Å². The van der Waals surface area contributed by atoms with Crippen LogP contribution in [0.25, 0.3) is 33.6 Å². The number of aromatic nitrogens is 4. The molecule has 6 aliphatic rings. The number of likely N-dealkylation sites (tertiary alicyclic amines) is 2. The van der Waals surface area contributed by atoms with Crippen molar-refractivity contribution in [2.75, 3.05) is 14.2 Å². The van der Waals surface area contributed by atoms with Gasteiger partial charge < -0.3 is 39.9 Å². The summed E-state index contributed by atoms with van der Waals surface area (Å²) < 4.78 is 9.63. The zero-order chi connectivity index (χ0) is 38.3. The van der Waals surface area contributed by atoms with E-state index in [1.54, 1.807) is 0 Å². The van der Waals surface area contributed by atoms with Crippen LogP contribution in [-0.4, -0.2) is 91.1 Å². The van der Waals surface area contributed by atoms with Gasteiger partial charge in [0.2, 0.25) is 11.8 Å². The van der Waals surface area contributed by atoms with Crippen molar-refractivity contribution in [3.63, 3.8) is 0 Å². The number of ether oxygens (including phenoxy) is 2. The van der Waals surface area contributed by atoms with Gasteiger partial charge in [0.25, 0.3) is 0 Å². The largest absolute Gasteiger partial charge is 0.453 e. The number of rotatable bonds is 9. The first-order valence-corrected chi connectivity index (χ1v) is 19.9. The standard InChI is InChI=1S/C42H46N8O6/c1-55-39(53)47-41(15-16-41)37(51)49-29-13-11-27(19-29)33(49)35-43-21-31(45-35)25-7-3-23(4-8-25)24-5-9-26(10-6-24)32-22-44-36(46-32)34-28-12-14-30(20-28)50(34)38(52)42(17-18-42)48-40(54)56-2/h3-10,21-22,27-30,33-34H,11-20H2,1-2H3,(H,43,45)(H,44,46)(H,47,53)(H,48,54). The third-order valence-corrected chi connectivity index (χ3v) is 13.5. The van der Waals surface area contributed by atoms with Crippen molar-refractivity contribution in [1.29, 1.82) is 0 Å². The lowest BCUT2D eigenvalue weighted by Crippen LogP contribution is -2.53. The van der Waals surface area contributed by atoms with Crippen molar-refractivity contribution < 1.29 is 28.7 Å². The van der Waals surface area contributed by atoms with Crippen LogP contribution in [0.3, 0.4) is 0 Å². The predicted octanol–water partition coefficient (Wildman–Crippen LogP) is 6.02. The third-order valence-electron chi connectivity index (χ3n) is 13.5. The maximum absolute atomic E-state index is 13.9. The molecule has 4 saturated carbocycles. The van der Waals surface area contributed by atoms with Crippen molar-refractivity contribution in [3.05, 3.63) is 72.6 Å². The molecule has 2 aliphatic heterocycles. The first kappa shape index (κ1) is 34.8. The summed E-state index contributed by atoms with van der Waals surface area (Å²) >= 11 is 0. The smallest absolute Gasteiger partial charge is 0.407 e. The molecule has 6 atom stereocenters. The number of hydrogen-bond acceptors (Lipinski definition) is 8. The van der Waals surface area contributed by atoms with Gasteiger partial charge in [-0.25, -0.2) is 19.6 Å². The van der Waals surface area contributed by atoms with E-state index in [0.717, 1.165) is 83.8 Å². The number of aromatic amines is 2. The Morgan fingerprint density at radius 2 is 0.982 bits per heavy atom. The van der Waals surface area contributed by atoms with Gasteiger partial charge >= 0.3 is 12.2 Å². The van der Waals surface area contributed by atoms with Crippen LogP contribution in [-0.2, 0) is 19.1 Å². The lowest BCUT2D eigenvalue weighted by atomic mass is 9.97. The summed E-state index contributed by atoms with van der Waals surface area (Å²) in [6.45, 7) is 0. The van der Waals surface area contributed by atoms with E-state index in [0.29, 0.717) is 37.5 Å². The number of carbonyl (C=O) groups excluding carboxylic acids is 4. The van der Waals surface area contributed by atoms with Gasteiger partial charge in [-0.15, -0.1) is 0 Å². The second-order valence-electron chi connectivity index (χ2n) is 16.7. The Balaban J connectivity index is 0.823. The van der Waals surface area contributed by atoms with Crippen LogP contribution in [0.5, 0.6) is 0 Å². The fraction of sp³-hybridized carbons (Fsp3) is 0.476. The van der Waals surface area contributed by atoms with Crippen LogP contribution in [0.2, 0.25) is 0 Å². The highest BCUT2D eigenvalue weighted by Gasteiger charge is 2.61. The Morgan fingerprint density at radius 3 is 1.34 bits per heavy atom. The lowest BCUT2D eigenvalue weighted by molar-refractivity contribution is -0.140. The topological polar surface area (TPSA) is 175 Å². The number of methoxy groups -OCH3 is 2. The van der Waals surface area contributed by atoms with Gasteiger partial charge in [0, 0.05) is 12.1 Å². The number of amides is 4. The quantitative estimate of drug-likeness (QED) is 0.160. The monoisotopic (exact) mass is 758 g/mol. The van der Waals surface area contributed by atoms with E-state index in [1.807, 2.05) is 22.2 Å². The summed E-state index contributed by atoms with van der Waals surface area (Å²) in [5.41, 5.74) is 4.21. The number of hydrogen-bond donors (Lipinski definition) is 4. The predicted molar refractivity (Wildman–Crippen MR) is 203 cm³/mol. The Bertz CT molecular complexity index is 2050. The van der Waals surface area contributed by atoms with Crippen LogP contribution in [0.4, 0.5) is 9.59 Å². The molecule has 4 heterocycles. The number of alkyl carbamates (subject to hydrolysis) is 2. The first-order valence-electron chi connectivity index (χ1n) is 19.9. The molecule has 14 heteroatoms. The molecule has 2 aromatic heterocycles. The number of piperidine rings is 2. The second-order valence-corrected chi connectivity index (χ2v) is 16.7. The van der Waals surface area contributed by atoms with E-state index in [4.69, 9.17) is 19.4 Å². The van der Waals surface area contributed by atoms with Gasteiger partial charge in [-0.1, -0.05) is 48.5 Å². The molecule has 6 unspecified atom stereocenters. The van der Waals surface area contributed by atoms with E-state index in [2.05, 4.69) is 69.1 Å². The molecular formula is C42H46N8O6. The summed E-state index contributed by atoms with van der Waals surface area (Å²) in [5, 5.41) is 5.61. The van der Waals surface area contributed by atoms with Crippen molar-refractivity contribution in [2.45, 2.75) is 99.5 Å². The van der Waals surface area contributed by atoms with Gasteiger partial charge in [-0.3, -0.25) is 9.59 Å². The number of benzene rings is 2. The Labute approximate surface area is 324 Å². The zero-order valence-electron chi connectivity index (χ0n) is 31.5. The molecule has 0 spiro atoms. The summed E-state index contributed by atoms with van der Waals surface area (Å²) in [6, 6.07) is 16.8. The molecule has 56 heavy (non-hydrogen) atoms. The molecule has 4 aliphatic carbocycles. The Morgan fingerprint density at radius 1 is 0.607 bits per heavy atom. The molecule has 0 radical (unpaired) electrons. The van der Waals surface area contributed by atoms with E-state index in [9.17, 15) is 19.2 Å². The minimum absolute atomic E-state index is 0.0293. The summed E-state index contributed by atoms with van der Waals surface area (Å²) in [6.07, 6.45) is 11.0. The lowest BCUT2D eigenvalue weighted by Gasteiger charge is -2.36. The molecule has 290 valence electrons. The number of fused-ring (bicyclic) bond motifs is 4. The van der Waals surface area contributed by atoms with E-state index >= 15 is 0 Å². The summed E-state index contributed by atoms with van der Waals surface area (Å²) in [5.74, 6) is 2.20. The molecule has 6 fully saturated rings. The van der Waals surface area contributed by atoms with Crippen molar-refractivity contribution >= 4 is 24.0 Å². The van der Waals surface area contributed by atoms with E-state index < -0.39 is 23.3 Å². The Hall–Kier alpha value is -5.66. The molecule has 14 nitrogen and oxygen atoms in total. The number of imidazole rings is 2. The van der Waals surface area contributed by atoms with Crippen molar-refractivity contribution in [2.24, 2.45) is 11.8 Å². The minimum atomic E-state index is -0.870. The minimum Gasteiger partial charge on any atom is -0.453 e. The van der Waals surface area contributed by atoms with Crippen LogP contribution in [0, 0.1) is 11.8 Å². The number of nitrogens with one attached hydrogen (secondary N) is 4. The maximum Gasteiger partial charge on any atom is 0.407 e. The molecule has 4 bridgehead atoms. The summed E-state index contributed by atoms with van der Waals surface area (Å²) in [4.78, 5) is 72.5. The Kier molecular flexibility index (Phi) is 8.05. The average molecular weight is 759 g/mol. The second kappa shape index (κ2) is 13.0. The molecule has 2 saturated heterocycles. The highest BCUT2D eigenvalue weighted by Crippen LogP contribution is 2.54. The highest BCUT2D eigenvalue weighted by atomic mass is 16.5. The number of carbonyl (C=O) groups is 4. The molecule has 4 amide bonds. The van der Waals surface area contributed by atoms with Gasteiger partial charge in [0.1, 0.15) is 22.7 Å². The summed E-state index contributed by atoms with van der Waals surface area (Å²) in [7, 11) is 2.64. The van der Waals surface area contributed by atoms with Gasteiger partial charge in [-0.05, 0) is 98.3 Å². The SMILES string of the molecule is COC(=O)NC1(C(=O)N2C3CCC(C3)C2c2ncc(-c3ccc(-c4ccc(-c5cnc(C6C7CCC(C7)N6C(=O)C6(NC(=O)OC)CC6)[nH]5)cc4)cc3)[nH]2)CC1. The number of nitrogens with zero attached hydrogens (tertiary/aromatic N) is 4. The van der Waals surface area contributed by atoms with Crippen LogP contribution >= 0.6 is 0 Å². The number of H-pyrrole nitrogens is 2. The van der Waals surface area contributed by atoms with E-state index in [1.165, 1.54) is 14.2 Å². The van der Waals surface area contributed by atoms with Crippen LogP contribution in [0.1, 0.15) is 87.9 Å². The molecular weight excluding hydrogens is 713 g/mol. The normalized spacial score (nSPS) is 27.2. The van der Waals surface area contributed by atoms with Gasteiger partial charge in [0.15, 0.2) is 0 Å². The van der Waals surface area contributed by atoms with Crippen molar-refractivity contribution in [3.8, 4) is 33.6 Å². The van der Waals surface area contributed by atoms with Gasteiger partial charge in [-0.2, -0.15) is 0 Å². The van der Waals surface area contributed by atoms with Crippen LogP contribution in [0.15, 0.2) is 60.9 Å².